The van der Waals surface area contributed by atoms with Gasteiger partial charge in [-0.25, -0.2) is 0 Å². The molecule has 0 aromatic heterocycles. The highest BCUT2D eigenvalue weighted by atomic mass is 35.5. The molecule has 16 heavy (non-hydrogen) atoms. The van der Waals surface area contributed by atoms with Crippen molar-refractivity contribution in [2.75, 3.05) is 6.61 Å². The van der Waals surface area contributed by atoms with Crippen LogP contribution in [-0.2, 0) is 0 Å². The lowest BCUT2D eigenvalue weighted by Crippen LogP contribution is -2.19. The maximum Gasteiger partial charge on any atom is 0.156 e. The predicted octanol–water partition coefficient (Wildman–Crippen LogP) is 4.04. The maximum atomic E-state index is 8.73. The molecule has 1 aliphatic rings. The summed E-state index contributed by atoms with van der Waals surface area (Å²) >= 11 is 12.0. The van der Waals surface area contributed by atoms with Gasteiger partial charge in [0.1, 0.15) is 0 Å². The quantitative estimate of drug-likeness (QED) is 0.817. The molecule has 0 atom stereocenters. The number of rotatable bonds is 3. The van der Waals surface area contributed by atoms with Crippen molar-refractivity contribution in [1.29, 1.82) is 5.26 Å². The number of nitrogens with zero attached hydrogens (tertiary/aromatic N) is 1. The molecule has 1 aromatic carbocycles. The van der Waals surface area contributed by atoms with Gasteiger partial charge in [0.15, 0.2) is 5.75 Å². The Morgan fingerprint density at radius 3 is 2.38 bits per heavy atom. The number of benzene rings is 1. The summed E-state index contributed by atoms with van der Waals surface area (Å²) in [5, 5.41) is 9.55. The van der Waals surface area contributed by atoms with E-state index < -0.39 is 0 Å². The van der Waals surface area contributed by atoms with Gasteiger partial charge in [-0.05, 0) is 30.9 Å². The van der Waals surface area contributed by atoms with Gasteiger partial charge in [-0.3, -0.25) is 0 Å². The van der Waals surface area contributed by atoms with Crippen LogP contribution in [0.15, 0.2) is 12.1 Å². The van der Waals surface area contributed by atoms with E-state index in [0.717, 1.165) is 0 Å². The highest BCUT2D eigenvalue weighted by molar-refractivity contribution is 6.37. The zero-order valence-electron chi connectivity index (χ0n) is 8.67. The van der Waals surface area contributed by atoms with Crippen LogP contribution in [0.5, 0.6) is 5.75 Å². The van der Waals surface area contributed by atoms with Crippen molar-refractivity contribution in [3.8, 4) is 11.8 Å². The molecule has 0 N–H and O–H groups in total. The molecule has 1 fully saturated rings. The van der Waals surface area contributed by atoms with E-state index in [4.69, 9.17) is 33.2 Å². The standard InChI is InChI=1S/C12H11Cl2NO/c13-10-4-9(6-15)5-11(14)12(10)16-7-8-2-1-3-8/h4-5,8H,1-3,7H2. The van der Waals surface area contributed by atoms with Crippen LogP contribution in [0.2, 0.25) is 10.0 Å². The molecule has 1 aromatic rings. The number of ether oxygens (including phenoxy) is 1. The zero-order valence-corrected chi connectivity index (χ0v) is 10.2. The fourth-order valence-electron chi connectivity index (χ4n) is 1.62. The lowest BCUT2D eigenvalue weighted by molar-refractivity contribution is 0.181. The third-order valence-corrected chi connectivity index (χ3v) is 3.38. The Kier molecular flexibility index (Phi) is 3.58. The SMILES string of the molecule is N#Cc1cc(Cl)c(OCC2CCC2)c(Cl)c1. The Hall–Kier alpha value is -0.910. The molecule has 0 aliphatic heterocycles. The van der Waals surface area contributed by atoms with E-state index in [9.17, 15) is 0 Å². The van der Waals surface area contributed by atoms with Gasteiger partial charge in [-0.15, -0.1) is 0 Å². The molecule has 0 heterocycles. The molecular weight excluding hydrogens is 245 g/mol. The Morgan fingerprint density at radius 1 is 1.31 bits per heavy atom. The third kappa shape index (κ3) is 2.42. The Labute approximate surface area is 105 Å². The summed E-state index contributed by atoms with van der Waals surface area (Å²) < 4.78 is 5.60. The molecule has 0 saturated heterocycles. The summed E-state index contributed by atoms with van der Waals surface area (Å²) in [6, 6.07) is 5.14. The van der Waals surface area contributed by atoms with Gasteiger partial charge in [0.2, 0.25) is 0 Å². The highest BCUT2D eigenvalue weighted by Crippen LogP contribution is 2.35. The third-order valence-electron chi connectivity index (χ3n) is 2.82. The van der Waals surface area contributed by atoms with E-state index in [1.807, 2.05) is 6.07 Å². The summed E-state index contributed by atoms with van der Waals surface area (Å²) in [6.07, 6.45) is 3.71. The first kappa shape index (κ1) is 11.6. The van der Waals surface area contributed by atoms with Crippen LogP contribution in [0.1, 0.15) is 24.8 Å². The van der Waals surface area contributed by atoms with Crippen LogP contribution in [0.4, 0.5) is 0 Å². The van der Waals surface area contributed by atoms with Crippen molar-refractivity contribution in [3.63, 3.8) is 0 Å². The van der Waals surface area contributed by atoms with E-state index in [2.05, 4.69) is 0 Å². The number of nitriles is 1. The summed E-state index contributed by atoms with van der Waals surface area (Å²) in [4.78, 5) is 0. The molecule has 84 valence electrons. The van der Waals surface area contributed by atoms with Crippen LogP contribution in [0.3, 0.4) is 0 Å². The van der Waals surface area contributed by atoms with Gasteiger partial charge in [0.25, 0.3) is 0 Å². The van der Waals surface area contributed by atoms with E-state index in [1.54, 1.807) is 12.1 Å². The molecule has 0 bridgehead atoms. The molecule has 2 rings (SSSR count). The van der Waals surface area contributed by atoms with Gasteiger partial charge < -0.3 is 4.74 Å². The van der Waals surface area contributed by atoms with Gasteiger partial charge in [0, 0.05) is 0 Å². The fourth-order valence-corrected chi connectivity index (χ4v) is 2.22. The number of hydrogen-bond acceptors (Lipinski definition) is 2. The first-order valence-corrected chi connectivity index (χ1v) is 5.98. The average molecular weight is 256 g/mol. The molecular formula is C12H11Cl2NO. The van der Waals surface area contributed by atoms with Gasteiger partial charge in [-0.2, -0.15) is 5.26 Å². The Balaban J connectivity index is 2.10. The predicted molar refractivity (Wildman–Crippen MR) is 64.0 cm³/mol. The van der Waals surface area contributed by atoms with Crippen LogP contribution in [-0.4, -0.2) is 6.61 Å². The second-order valence-corrected chi connectivity index (χ2v) is 4.80. The van der Waals surface area contributed by atoms with Crippen LogP contribution in [0.25, 0.3) is 0 Å². The topological polar surface area (TPSA) is 33.0 Å². The van der Waals surface area contributed by atoms with Crippen molar-refractivity contribution in [3.05, 3.63) is 27.7 Å². The molecule has 1 saturated carbocycles. The number of hydrogen-bond donors (Lipinski definition) is 0. The fraction of sp³-hybridized carbons (Fsp3) is 0.417. The second-order valence-electron chi connectivity index (χ2n) is 3.99. The highest BCUT2D eigenvalue weighted by Gasteiger charge is 2.19. The molecule has 0 unspecified atom stereocenters. The van der Waals surface area contributed by atoms with Crippen LogP contribution in [0, 0.1) is 17.2 Å². The van der Waals surface area contributed by atoms with E-state index in [-0.39, 0.29) is 0 Å². The largest absolute Gasteiger partial charge is 0.490 e. The zero-order chi connectivity index (χ0) is 11.5. The van der Waals surface area contributed by atoms with Crippen molar-refractivity contribution >= 4 is 23.2 Å². The van der Waals surface area contributed by atoms with Gasteiger partial charge in [0.05, 0.1) is 28.3 Å². The first-order valence-electron chi connectivity index (χ1n) is 5.22. The summed E-state index contributed by atoms with van der Waals surface area (Å²) in [5.74, 6) is 1.12. The van der Waals surface area contributed by atoms with E-state index in [0.29, 0.717) is 33.9 Å². The van der Waals surface area contributed by atoms with Gasteiger partial charge >= 0.3 is 0 Å². The smallest absolute Gasteiger partial charge is 0.156 e. The van der Waals surface area contributed by atoms with Crippen molar-refractivity contribution in [2.45, 2.75) is 19.3 Å². The van der Waals surface area contributed by atoms with Crippen molar-refractivity contribution < 1.29 is 4.74 Å². The summed E-state index contributed by atoms with van der Waals surface area (Å²) in [7, 11) is 0. The Morgan fingerprint density at radius 2 is 1.94 bits per heavy atom. The lowest BCUT2D eigenvalue weighted by Gasteiger charge is -2.25. The van der Waals surface area contributed by atoms with E-state index >= 15 is 0 Å². The minimum Gasteiger partial charge on any atom is -0.490 e. The minimum absolute atomic E-state index is 0.406. The Bertz CT molecular complexity index is 412. The molecule has 0 spiro atoms. The minimum atomic E-state index is 0.406. The van der Waals surface area contributed by atoms with Gasteiger partial charge in [-0.1, -0.05) is 29.6 Å². The molecule has 4 heteroatoms. The second kappa shape index (κ2) is 4.95. The van der Waals surface area contributed by atoms with Crippen molar-refractivity contribution in [2.24, 2.45) is 5.92 Å². The first-order chi connectivity index (χ1) is 7.70. The summed E-state index contributed by atoms with van der Waals surface area (Å²) in [5.41, 5.74) is 0.450. The monoisotopic (exact) mass is 255 g/mol. The lowest BCUT2D eigenvalue weighted by atomic mass is 9.86. The molecule has 0 radical (unpaired) electrons. The number of halogens is 2. The van der Waals surface area contributed by atoms with E-state index in [1.165, 1.54) is 19.3 Å². The molecule has 2 nitrogen and oxygen atoms in total. The maximum absolute atomic E-state index is 8.73. The summed E-state index contributed by atoms with van der Waals surface area (Å²) in [6.45, 7) is 0.658. The normalized spacial score (nSPS) is 15.3. The van der Waals surface area contributed by atoms with Crippen LogP contribution >= 0.6 is 23.2 Å². The molecule has 1 aliphatic carbocycles. The average Bonchev–Trinajstić information content (AvgIpc) is 2.19. The van der Waals surface area contributed by atoms with Crippen LogP contribution < -0.4 is 4.74 Å². The molecule has 0 amide bonds. The van der Waals surface area contributed by atoms with Crippen molar-refractivity contribution in [1.82, 2.24) is 0 Å².